The van der Waals surface area contributed by atoms with Gasteiger partial charge in [0.2, 0.25) is 5.78 Å². The molecule has 4 rings (SSSR count). The lowest BCUT2D eigenvalue weighted by Crippen LogP contribution is -2.24. The van der Waals surface area contributed by atoms with Crippen molar-refractivity contribution >= 4 is 39.4 Å². The average molecular weight is 486 g/mol. The number of benzene rings is 3. The van der Waals surface area contributed by atoms with Crippen LogP contribution in [0.3, 0.4) is 0 Å². The molecule has 1 heterocycles. The van der Waals surface area contributed by atoms with Crippen molar-refractivity contribution in [3.05, 3.63) is 105 Å². The Kier molecular flexibility index (Phi) is 7.17. The van der Waals surface area contributed by atoms with Gasteiger partial charge in [0.15, 0.2) is 0 Å². The maximum Gasteiger partial charge on any atom is 0.256 e. The van der Waals surface area contributed by atoms with Crippen LogP contribution < -0.4 is 21.1 Å². The Labute approximate surface area is 208 Å². The molecule has 0 radical (unpaired) electrons. The number of ketones is 1. The number of rotatable bonds is 8. The Bertz CT molecular complexity index is 1340. The third kappa shape index (κ3) is 5.20. The number of carbonyl (C=O) groups is 2. The molecule has 3 aromatic carbocycles. The lowest BCUT2D eigenvalue weighted by atomic mass is 10.1. The maximum atomic E-state index is 13.4. The fraction of sp³-hybridized carbons (Fsp3) is 0.143. The van der Waals surface area contributed by atoms with Gasteiger partial charge >= 0.3 is 0 Å². The molecule has 1 amide bonds. The highest BCUT2D eigenvalue weighted by molar-refractivity contribution is 7.19. The van der Waals surface area contributed by atoms with Gasteiger partial charge < -0.3 is 21.1 Å². The van der Waals surface area contributed by atoms with Gasteiger partial charge in [-0.25, -0.2) is 0 Å². The Morgan fingerprint density at radius 1 is 0.914 bits per heavy atom. The third-order valence-corrected chi connectivity index (χ3v) is 6.87. The van der Waals surface area contributed by atoms with Crippen LogP contribution in [0.1, 0.15) is 42.3 Å². The zero-order valence-corrected chi connectivity index (χ0v) is 20.7. The van der Waals surface area contributed by atoms with E-state index in [1.54, 1.807) is 31.4 Å². The van der Waals surface area contributed by atoms with Crippen molar-refractivity contribution in [2.45, 2.75) is 20.4 Å². The molecule has 178 valence electrons. The van der Waals surface area contributed by atoms with Crippen LogP contribution in [0.2, 0.25) is 0 Å². The summed E-state index contributed by atoms with van der Waals surface area (Å²) in [5.41, 5.74) is 11.3. The number of methoxy groups -OCH3 is 1. The Balaban J connectivity index is 1.69. The van der Waals surface area contributed by atoms with Crippen LogP contribution in [0.5, 0.6) is 5.75 Å². The molecule has 0 spiro atoms. The predicted molar refractivity (Wildman–Crippen MR) is 142 cm³/mol. The van der Waals surface area contributed by atoms with Crippen molar-refractivity contribution in [2.75, 3.05) is 18.2 Å². The molecule has 0 atom stereocenters. The number of para-hydroxylation sites is 1. The van der Waals surface area contributed by atoms with E-state index in [0.717, 1.165) is 28.1 Å². The van der Waals surface area contributed by atoms with E-state index in [4.69, 9.17) is 10.5 Å². The summed E-state index contributed by atoms with van der Waals surface area (Å²) in [7, 11) is 1.61. The molecule has 6 nitrogen and oxygen atoms in total. The predicted octanol–water partition coefficient (Wildman–Crippen LogP) is 5.86. The molecule has 0 aliphatic rings. The van der Waals surface area contributed by atoms with Crippen molar-refractivity contribution < 1.29 is 14.3 Å². The standard InChI is InChI=1S/C28H27N3O3S/c1-17-8-7-9-18(2)24(17)31-28-22(27(33)30-16-19-12-14-21(34-3)15-13-19)23(29)26(35-28)25(32)20-10-5-4-6-11-20/h4-15,31H,16,29H2,1-3H3,(H,30,33). The summed E-state index contributed by atoms with van der Waals surface area (Å²) in [6.07, 6.45) is 0. The maximum absolute atomic E-state index is 13.4. The van der Waals surface area contributed by atoms with Crippen LogP contribution in [-0.2, 0) is 6.54 Å². The Morgan fingerprint density at radius 2 is 1.57 bits per heavy atom. The lowest BCUT2D eigenvalue weighted by Gasteiger charge is -2.13. The number of carbonyl (C=O) groups excluding carboxylic acids is 2. The third-order valence-electron chi connectivity index (χ3n) is 5.75. The van der Waals surface area contributed by atoms with Crippen LogP contribution in [0.15, 0.2) is 72.8 Å². The lowest BCUT2D eigenvalue weighted by molar-refractivity contribution is 0.0953. The highest BCUT2D eigenvalue weighted by atomic mass is 32.1. The molecular formula is C28H27N3O3S. The number of nitrogen functional groups attached to an aromatic ring is 1. The zero-order chi connectivity index (χ0) is 24.9. The molecule has 0 aliphatic carbocycles. The molecule has 4 N–H and O–H groups in total. The van der Waals surface area contributed by atoms with Gasteiger partial charge in [-0.3, -0.25) is 9.59 Å². The number of aryl methyl sites for hydroxylation is 2. The highest BCUT2D eigenvalue weighted by Gasteiger charge is 2.27. The first-order valence-corrected chi connectivity index (χ1v) is 12.0. The van der Waals surface area contributed by atoms with Crippen molar-refractivity contribution in [3.8, 4) is 5.75 Å². The van der Waals surface area contributed by atoms with E-state index in [0.29, 0.717) is 22.0 Å². The second-order valence-corrected chi connectivity index (χ2v) is 9.19. The monoisotopic (exact) mass is 485 g/mol. The molecule has 0 fully saturated rings. The molecule has 0 unspecified atom stereocenters. The Morgan fingerprint density at radius 3 is 2.20 bits per heavy atom. The minimum absolute atomic E-state index is 0.171. The van der Waals surface area contributed by atoms with Crippen molar-refractivity contribution in [2.24, 2.45) is 0 Å². The number of nitrogens with one attached hydrogen (secondary N) is 2. The van der Waals surface area contributed by atoms with Crippen molar-refractivity contribution in [1.82, 2.24) is 5.32 Å². The molecule has 4 aromatic rings. The first-order chi connectivity index (χ1) is 16.9. The molecule has 7 heteroatoms. The second kappa shape index (κ2) is 10.4. The fourth-order valence-electron chi connectivity index (χ4n) is 3.79. The first kappa shape index (κ1) is 24.0. The molecule has 0 saturated heterocycles. The van der Waals surface area contributed by atoms with Crippen LogP contribution in [0, 0.1) is 13.8 Å². The number of hydrogen-bond acceptors (Lipinski definition) is 6. The normalized spacial score (nSPS) is 10.6. The van der Waals surface area contributed by atoms with Crippen LogP contribution in [-0.4, -0.2) is 18.8 Å². The number of thiophene rings is 1. The van der Waals surface area contributed by atoms with Gasteiger partial charge in [-0.15, -0.1) is 11.3 Å². The average Bonchev–Trinajstić information content (AvgIpc) is 3.21. The van der Waals surface area contributed by atoms with Crippen LogP contribution in [0.4, 0.5) is 16.4 Å². The summed E-state index contributed by atoms with van der Waals surface area (Å²) in [6.45, 7) is 4.29. The SMILES string of the molecule is COc1ccc(CNC(=O)c2c(Nc3c(C)cccc3C)sc(C(=O)c3ccccc3)c2N)cc1. The summed E-state index contributed by atoms with van der Waals surface area (Å²) >= 11 is 1.19. The largest absolute Gasteiger partial charge is 0.497 e. The quantitative estimate of drug-likeness (QED) is 0.272. The van der Waals surface area contributed by atoms with Gasteiger partial charge in [-0.2, -0.15) is 0 Å². The molecule has 0 bridgehead atoms. The number of amides is 1. The van der Waals surface area contributed by atoms with Gasteiger partial charge in [0.25, 0.3) is 5.91 Å². The van der Waals surface area contributed by atoms with E-state index in [1.807, 2.05) is 62.4 Å². The smallest absolute Gasteiger partial charge is 0.256 e. The number of hydrogen-bond donors (Lipinski definition) is 3. The minimum atomic E-state index is -0.351. The summed E-state index contributed by atoms with van der Waals surface area (Å²) in [5, 5.41) is 6.85. The first-order valence-electron chi connectivity index (χ1n) is 11.2. The van der Waals surface area contributed by atoms with Gasteiger partial charge in [0, 0.05) is 17.8 Å². The molecule has 1 aromatic heterocycles. The van der Waals surface area contributed by atoms with Crippen LogP contribution in [0.25, 0.3) is 0 Å². The highest BCUT2D eigenvalue weighted by Crippen LogP contribution is 2.40. The van der Waals surface area contributed by atoms with E-state index >= 15 is 0 Å². The summed E-state index contributed by atoms with van der Waals surface area (Å²) < 4.78 is 5.19. The van der Waals surface area contributed by atoms with Gasteiger partial charge in [-0.1, -0.05) is 60.7 Å². The topological polar surface area (TPSA) is 93.5 Å². The molecule has 0 aliphatic heterocycles. The van der Waals surface area contributed by atoms with Gasteiger partial charge in [0.1, 0.15) is 15.6 Å². The Hall–Kier alpha value is -4.10. The molecule has 35 heavy (non-hydrogen) atoms. The molecular weight excluding hydrogens is 458 g/mol. The van der Waals surface area contributed by atoms with Crippen molar-refractivity contribution in [3.63, 3.8) is 0 Å². The minimum Gasteiger partial charge on any atom is -0.497 e. The van der Waals surface area contributed by atoms with Gasteiger partial charge in [-0.05, 0) is 42.7 Å². The second-order valence-electron chi connectivity index (χ2n) is 8.17. The number of anilines is 3. The van der Waals surface area contributed by atoms with E-state index in [1.165, 1.54) is 11.3 Å². The van der Waals surface area contributed by atoms with E-state index < -0.39 is 0 Å². The van der Waals surface area contributed by atoms with Gasteiger partial charge in [0.05, 0.1) is 18.4 Å². The fourth-order valence-corrected chi connectivity index (χ4v) is 4.87. The van der Waals surface area contributed by atoms with Crippen molar-refractivity contribution in [1.29, 1.82) is 0 Å². The van der Waals surface area contributed by atoms with E-state index in [9.17, 15) is 9.59 Å². The zero-order valence-electron chi connectivity index (χ0n) is 19.8. The number of ether oxygens (including phenoxy) is 1. The summed E-state index contributed by atoms with van der Waals surface area (Å²) in [4.78, 5) is 26.9. The van der Waals surface area contributed by atoms with Crippen LogP contribution >= 0.6 is 11.3 Å². The van der Waals surface area contributed by atoms with E-state index in [-0.39, 0.29) is 22.9 Å². The summed E-state index contributed by atoms with van der Waals surface area (Å²) in [5.74, 6) is 0.175. The molecule has 0 saturated carbocycles. The number of nitrogens with two attached hydrogens (primary N) is 1. The summed E-state index contributed by atoms with van der Waals surface area (Å²) in [6, 6.07) is 22.3. The van der Waals surface area contributed by atoms with E-state index in [2.05, 4.69) is 10.6 Å².